The molecule has 0 radical (unpaired) electrons. The fourth-order valence-electron chi connectivity index (χ4n) is 1.67. The largest absolute Gasteiger partial charge is 0.396 e. The lowest BCUT2D eigenvalue weighted by atomic mass is 10.2. The van der Waals surface area contributed by atoms with Crippen LogP contribution in [0.5, 0.6) is 0 Å². The van der Waals surface area contributed by atoms with Crippen LogP contribution in [0, 0.1) is 5.92 Å². The zero-order chi connectivity index (χ0) is 12.0. The van der Waals surface area contributed by atoms with E-state index < -0.39 is 0 Å². The molecular formula is C12H24N2O2. The third kappa shape index (κ3) is 5.35. The van der Waals surface area contributed by atoms with Gasteiger partial charge in [0.1, 0.15) is 0 Å². The molecule has 4 nitrogen and oxygen atoms in total. The first-order chi connectivity index (χ1) is 7.63. The van der Waals surface area contributed by atoms with Gasteiger partial charge in [0, 0.05) is 26.2 Å². The topological polar surface area (TPSA) is 52.6 Å². The summed E-state index contributed by atoms with van der Waals surface area (Å²) >= 11 is 0. The number of carbonyl (C=O) groups is 1. The molecule has 0 aliphatic heterocycles. The van der Waals surface area contributed by atoms with E-state index in [0.717, 1.165) is 31.7 Å². The van der Waals surface area contributed by atoms with Gasteiger partial charge in [0.05, 0.1) is 0 Å². The van der Waals surface area contributed by atoms with E-state index in [9.17, 15) is 4.79 Å². The van der Waals surface area contributed by atoms with Crippen molar-refractivity contribution >= 4 is 6.03 Å². The van der Waals surface area contributed by atoms with Gasteiger partial charge in [0.2, 0.25) is 0 Å². The van der Waals surface area contributed by atoms with Crippen LogP contribution in [0.25, 0.3) is 0 Å². The van der Waals surface area contributed by atoms with Gasteiger partial charge in [0.25, 0.3) is 0 Å². The monoisotopic (exact) mass is 228 g/mol. The van der Waals surface area contributed by atoms with Gasteiger partial charge < -0.3 is 15.3 Å². The van der Waals surface area contributed by atoms with Crippen molar-refractivity contribution in [3.63, 3.8) is 0 Å². The second kappa shape index (κ2) is 6.74. The summed E-state index contributed by atoms with van der Waals surface area (Å²) < 4.78 is 0. The number of nitrogens with one attached hydrogen (secondary N) is 1. The molecular weight excluding hydrogens is 204 g/mol. The number of urea groups is 1. The molecule has 0 bridgehead atoms. The quantitative estimate of drug-likeness (QED) is 0.695. The van der Waals surface area contributed by atoms with E-state index in [-0.39, 0.29) is 18.7 Å². The van der Waals surface area contributed by atoms with Crippen molar-refractivity contribution in [2.75, 3.05) is 20.2 Å². The molecule has 1 aliphatic rings. The molecule has 1 fully saturated rings. The van der Waals surface area contributed by atoms with E-state index in [0.29, 0.717) is 0 Å². The molecule has 0 heterocycles. The fraction of sp³-hybridized carbons (Fsp3) is 0.917. The summed E-state index contributed by atoms with van der Waals surface area (Å²) in [6.45, 7) is 3.02. The predicted molar refractivity (Wildman–Crippen MR) is 64.3 cm³/mol. The standard InChI is InChI=1S/C12H24N2O2/c1-10(4-3-9-15)13-12(16)14(2)8-7-11-5-6-11/h10-11,15H,3-9H2,1-2H3,(H,13,16). The minimum Gasteiger partial charge on any atom is -0.396 e. The Labute approximate surface area is 98.0 Å². The Morgan fingerprint density at radius 3 is 2.81 bits per heavy atom. The fourth-order valence-corrected chi connectivity index (χ4v) is 1.67. The molecule has 94 valence electrons. The van der Waals surface area contributed by atoms with Gasteiger partial charge in [-0.3, -0.25) is 0 Å². The van der Waals surface area contributed by atoms with Crippen LogP contribution in [0.4, 0.5) is 4.79 Å². The Morgan fingerprint density at radius 1 is 1.56 bits per heavy atom. The molecule has 0 aromatic carbocycles. The van der Waals surface area contributed by atoms with Gasteiger partial charge in [-0.25, -0.2) is 4.79 Å². The van der Waals surface area contributed by atoms with Crippen molar-refractivity contribution in [2.24, 2.45) is 5.92 Å². The highest BCUT2D eigenvalue weighted by molar-refractivity contribution is 5.74. The zero-order valence-corrected chi connectivity index (χ0v) is 10.4. The molecule has 16 heavy (non-hydrogen) atoms. The molecule has 0 saturated heterocycles. The number of rotatable bonds is 7. The van der Waals surface area contributed by atoms with Crippen LogP contribution in [0.1, 0.15) is 39.0 Å². The average Bonchev–Trinajstić information content (AvgIpc) is 3.06. The van der Waals surface area contributed by atoms with Crippen molar-refractivity contribution < 1.29 is 9.90 Å². The lowest BCUT2D eigenvalue weighted by molar-refractivity contribution is 0.202. The molecule has 2 amide bonds. The molecule has 1 atom stereocenters. The Morgan fingerprint density at radius 2 is 2.25 bits per heavy atom. The van der Waals surface area contributed by atoms with Crippen LogP contribution >= 0.6 is 0 Å². The summed E-state index contributed by atoms with van der Waals surface area (Å²) in [5.41, 5.74) is 0. The molecule has 0 aromatic rings. The van der Waals surface area contributed by atoms with Crippen LogP contribution in [-0.4, -0.2) is 42.3 Å². The summed E-state index contributed by atoms with van der Waals surface area (Å²) in [5.74, 6) is 0.863. The number of aliphatic hydroxyl groups excluding tert-OH is 1. The minimum atomic E-state index is 0.00564. The smallest absolute Gasteiger partial charge is 0.317 e. The number of hydrogen-bond donors (Lipinski definition) is 2. The van der Waals surface area contributed by atoms with Gasteiger partial charge in [0.15, 0.2) is 0 Å². The second-order valence-electron chi connectivity index (χ2n) is 4.87. The van der Waals surface area contributed by atoms with E-state index >= 15 is 0 Å². The molecule has 1 unspecified atom stereocenters. The molecule has 1 rings (SSSR count). The SMILES string of the molecule is CC(CCCO)NC(=O)N(C)CCC1CC1. The first kappa shape index (κ1) is 13.3. The lowest BCUT2D eigenvalue weighted by Crippen LogP contribution is -2.42. The number of hydrogen-bond acceptors (Lipinski definition) is 2. The van der Waals surface area contributed by atoms with E-state index in [1.54, 1.807) is 4.90 Å². The molecule has 0 spiro atoms. The first-order valence-corrected chi connectivity index (χ1v) is 6.26. The highest BCUT2D eigenvalue weighted by Crippen LogP contribution is 2.32. The van der Waals surface area contributed by atoms with Crippen molar-refractivity contribution in [2.45, 2.75) is 45.1 Å². The Bertz CT molecular complexity index is 217. The van der Waals surface area contributed by atoms with Gasteiger partial charge in [-0.05, 0) is 32.1 Å². The Balaban J connectivity index is 2.10. The van der Waals surface area contributed by atoms with E-state index in [1.807, 2.05) is 14.0 Å². The predicted octanol–water partition coefficient (Wildman–Crippen LogP) is 1.59. The van der Waals surface area contributed by atoms with Gasteiger partial charge >= 0.3 is 6.03 Å². The maximum Gasteiger partial charge on any atom is 0.317 e. The molecule has 1 aliphatic carbocycles. The number of nitrogens with zero attached hydrogens (tertiary/aromatic N) is 1. The minimum absolute atomic E-state index is 0.00564. The second-order valence-corrected chi connectivity index (χ2v) is 4.87. The van der Waals surface area contributed by atoms with E-state index in [2.05, 4.69) is 5.32 Å². The highest BCUT2D eigenvalue weighted by Gasteiger charge is 2.22. The summed E-state index contributed by atoms with van der Waals surface area (Å²) in [7, 11) is 1.84. The summed E-state index contributed by atoms with van der Waals surface area (Å²) in [6, 6.07) is 0.147. The van der Waals surface area contributed by atoms with E-state index in [1.165, 1.54) is 12.8 Å². The summed E-state index contributed by atoms with van der Waals surface area (Å²) in [4.78, 5) is 13.5. The number of amides is 2. The first-order valence-electron chi connectivity index (χ1n) is 6.26. The maximum atomic E-state index is 11.7. The molecule has 1 saturated carbocycles. The summed E-state index contributed by atoms with van der Waals surface area (Å²) in [6.07, 6.45) is 5.38. The Hall–Kier alpha value is -0.770. The summed E-state index contributed by atoms with van der Waals surface area (Å²) in [5, 5.41) is 11.6. The van der Waals surface area contributed by atoms with E-state index in [4.69, 9.17) is 5.11 Å². The molecule has 4 heteroatoms. The van der Waals surface area contributed by atoms with Crippen LogP contribution in [0.2, 0.25) is 0 Å². The normalized spacial score (nSPS) is 16.9. The van der Waals surface area contributed by atoms with Gasteiger partial charge in [-0.1, -0.05) is 12.8 Å². The van der Waals surface area contributed by atoms with Crippen LogP contribution in [0.15, 0.2) is 0 Å². The molecule has 0 aromatic heterocycles. The third-order valence-corrected chi connectivity index (χ3v) is 3.08. The van der Waals surface area contributed by atoms with Crippen LogP contribution in [0.3, 0.4) is 0 Å². The lowest BCUT2D eigenvalue weighted by Gasteiger charge is -2.21. The van der Waals surface area contributed by atoms with Crippen LogP contribution < -0.4 is 5.32 Å². The number of carbonyl (C=O) groups excluding carboxylic acids is 1. The molecule has 2 N–H and O–H groups in total. The number of aliphatic hydroxyl groups is 1. The maximum absolute atomic E-state index is 11.7. The van der Waals surface area contributed by atoms with Crippen molar-refractivity contribution in [3.05, 3.63) is 0 Å². The van der Waals surface area contributed by atoms with Crippen molar-refractivity contribution in [3.8, 4) is 0 Å². The average molecular weight is 228 g/mol. The van der Waals surface area contributed by atoms with Gasteiger partial charge in [-0.15, -0.1) is 0 Å². The Kier molecular flexibility index (Phi) is 5.60. The highest BCUT2D eigenvalue weighted by atomic mass is 16.3. The van der Waals surface area contributed by atoms with Crippen molar-refractivity contribution in [1.82, 2.24) is 10.2 Å². The van der Waals surface area contributed by atoms with Gasteiger partial charge in [-0.2, -0.15) is 0 Å². The van der Waals surface area contributed by atoms with Crippen LogP contribution in [-0.2, 0) is 0 Å². The third-order valence-electron chi connectivity index (χ3n) is 3.08. The van der Waals surface area contributed by atoms with Crippen molar-refractivity contribution in [1.29, 1.82) is 0 Å². The zero-order valence-electron chi connectivity index (χ0n) is 10.4.